The number of ether oxygens (including phenoxy) is 2. The first-order valence-electron chi connectivity index (χ1n) is 11.0. The molecule has 0 bridgehead atoms. The second-order valence-electron chi connectivity index (χ2n) is 7.80. The van der Waals surface area contributed by atoms with Gasteiger partial charge in [-0.25, -0.2) is 8.42 Å². The summed E-state index contributed by atoms with van der Waals surface area (Å²) in [6, 6.07) is 20.4. The van der Waals surface area contributed by atoms with Crippen molar-refractivity contribution in [2.75, 3.05) is 25.1 Å². The maximum atomic E-state index is 13.6. The standard InChI is InChI=1S/C26H30N2O5S/c1-5-23(20-12-14-21(32-3)15-13-20)27-26(29)18-28(24-8-6-7-9-25(24)33-4)34(30,31)22-16-10-19(2)11-17-22/h6-17,23H,5,18H2,1-4H3,(H,27,29)/t23-/m1/s1. The van der Waals surface area contributed by atoms with E-state index in [1.807, 2.05) is 38.1 Å². The lowest BCUT2D eigenvalue weighted by atomic mass is 10.0. The molecule has 1 atom stereocenters. The molecule has 0 spiro atoms. The average molecular weight is 483 g/mol. The number of para-hydroxylation sites is 2. The zero-order chi connectivity index (χ0) is 24.7. The van der Waals surface area contributed by atoms with E-state index in [-0.39, 0.29) is 10.9 Å². The van der Waals surface area contributed by atoms with Crippen LogP contribution in [0, 0.1) is 6.92 Å². The van der Waals surface area contributed by atoms with Gasteiger partial charge in [-0.15, -0.1) is 0 Å². The Hall–Kier alpha value is -3.52. The van der Waals surface area contributed by atoms with Gasteiger partial charge in [-0.05, 0) is 55.3 Å². The zero-order valence-electron chi connectivity index (χ0n) is 19.8. The number of carbonyl (C=O) groups excluding carboxylic acids is 1. The van der Waals surface area contributed by atoms with Gasteiger partial charge in [0.1, 0.15) is 18.0 Å². The number of amides is 1. The highest BCUT2D eigenvalue weighted by Crippen LogP contribution is 2.32. The number of nitrogens with one attached hydrogen (secondary N) is 1. The summed E-state index contributed by atoms with van der Waals surface area (Å²) in [5, 5.41) is 2.96. The molecule has 0 unspecified atom stereocenters. The second kappa shape index (κ2) is 11.1. The molecule has 0 aliphatic heterocycles. The van der Waals surface area contributed by atoms with Crippen molar-refractivity contribution >= 4 is 21.6 Å². The summed E-state index contributed by atoms with van der Waals surface area (Å²) in [5.74, 6) is 0.647. The van der Waals surface area contributed by atoms with Crippen LogP contribution in [0.25, 0.3) is 0 Å². The van der Waals surface area contributed by atoms with Crippen LogP contribution < -0.4 is 19.1 Å². The predicted octanol–water partition coefficient (Wildman–Crippen LogP) is 4.48. The normalized spacial score (nSPS) is 12.0. The van der Waals surface area contributed by atoms with Gasteiger partial charge in [0.05, 0.1) is 30.8 Å². The molecule has 0 heterocycles. The van der Waals surface area contributed by atoms with E-state index in [2.05, 4.69) is 5.32 Å². The summed E-state index contributed by atoms with van der Waals surface area (Å²) in [5.41, 5.74) is 2.13. The SMILES string of the molecule is CC[C@@H](NC(=O)CN(c1ccccc1OC)S(=O)(=O)c1ccc(C)cc1)c1ccc(OC)cc1. The Morgan fingerprint density at radius 1 is 0.941 bits per heavy atom. The molecular formula is C26H30N2O5S. The Bertz CT molecular complexity index is 1210. The van der Waals surface area contributed by atoms with Crippen LogP contribution in [-0.2, 0) is 14.8 Å². The molecule has 8 heteroatoms. The topological polar surface area (TPSA) is 84.9 Å². The molecule has 34 heavy (non-hydrogen) atoms. The van der Waals surface area contributed by atoms with Crippen LogP contribution in [-0.4, -0.2) is 35.1 Å². The van der Waals surface area contributed by atoms with Crippen molar-refractivity contribution in [3.8, 4) is 11.5 Å². The number of benzene rings is 3. The lowest BCUT2D eigenvalue weighted by Gasteiger charge is -2.27. The number of anilines is 1. The summed E-state index contributed by atoms with van der Waals surface area (Å²) >= 11 is 0. The van der Waals surface area contributed by atoms with Crippen molar-refractivity contribution in [1.82, 2.24) is 5.32 Å². The van der Waals surface area contributed by atoms with Crippen molar-refractivity contribution in [3.05, 3.63) is 83.9 Å². The Balaban J connectivity index is 1.93. The molecule has 0 saturated carbocycles. The second-order valence-corrected chi connectivity index (χ2v) is 9.66. The van der Waals surface area contributed by atoms with E-state index >= 15 is 0 Å². The molecule has 3 rings (SSSR count). The van der Waals surface area contributed by atoms with Gasteiger partial charge in [0.15, 0.2) is 0 Å². The first-order valence-corrected chi connectivity index (χ1v) is 12.4. The molecule has 3 aromatic rings. The van der Waals surface area contributed by atoms with Gasteiger partial charge in [0.25, 0.3) is 10.0 Å². The van der Waals surface area contributed by atoms with Crippen LogP contribution >= 0.6 is 0 Å². The van der Waals surface area contributed by atoms with E-state index < -0.39 is 22.5 Å². The number of aryl methyl sites for hydroxylation is 1. The first kappa shape index (κ1) is 25.1. The summed E-state index contributed by atoms with van der Waals surface area (Å²) in [6.07, 6.45) is 0.636. The smallest absolute Gasteiger partial charge is 0.264 e. The van der Waals surface area contributed by atoms with Crippen molar-refractivity contribution in [2.24, 2.45) is 0 Å². The summed E-state index contributed by atoms with van der Waals surface area (Å²) < 4.78 is 38.9. The van der Waals surface area contributed by atoms with Crippen LogP contribution in [0.2, 0.25) is 0 Å². The summed E-state index contributed by atoms with van der Waals surface area (Å²) in [7, 11) is -0.982. The Morgan fingerprint density at radius 2 is 1.59 bits per heavy atom. The number of hydrogen-bond acceptors (Lipinski definition) is 5. The monoisotopic (exact) mass is 482 g/mol. The third-order valence-electron chi connectivity index (χ3n) is 5.51. The maximum absolute atomic E-state index is 13.6. The Morgan fingerprint density at radius 3 is 2.18 bits per heavy atom. The molecule has 7 nitrogen and oxygen atoms in total. The number of methoxy groups -OCH3 is 2. The fourth-order valence-electron chi connectivity index (χ4n) is 3.60. The highest BCUT2D eigenvalue weighted by atomic mass is 32.2. The quantitative estimate of drug-likeness (QED) is 0.461. The number of hydrogen-bond donors (Lipinski definition) is 1. The maximum Gasteiger partial charge on any atom is 0.264 e. The van der Waals surface area contributed by atoms with Gasteiger partial charge in [-0.1, -0.05) is 48.9 Å². The van der Waals surface area contributed by atoms with Gasteiger partial charge in [-0.3, -0.25) is 9.10 Å². The lowest BCUT2D eigenvalue weighted by Crippen LogP contribution is -2.42. The van der Waals surface area contributed by atoms with Crippen molar-refractivity contribution < 1.29 is 22.7 Å². The number of sulfonamides is 1. The van der Waals surface area contributed by atoms with E-state index in [4.69, 9.17) is 9.47 Å². The van der Waals surface area contributed by atoms with Crippen LogP contribution in [0.5, 0.6) is 11.5 Å². The summed E-state index contributed by atoms with van der Waals surface area (Å²) in [6.45, 7) is 3.44. The van der Waals surface area contributed by atoms with Gasteiger partial charge < -0.3 is 14.8 Å². The molecule has 0 fully saturated rings. The number of carbonyl (C=O) groups is 1. The molecule has 0 saturated heterocycles. The van der Waals surface area contributed by atoms with Gasteiger partial charge >= 0.3 is 0 Å². The van der Waals surface area contributed by atoms with Crippen molar-refractivity contribution in [2.45, 2.75) is 31.2 Å². The Kier molecular flexibility index (Phi) is 8.17. The van der Waals surface area contributed by atoms with E-state index in [1.165, 1.54) is 19.2 Å². The molecule has 1 N–H and O–H groups in total. The molecule has 3 aromatic carbocycles. The molecule has 1 amide bonds. The predicted molar refractivity (Wildman–Crippen MR) is 133 cm³/mol. The van der Waals surface area contributed by atoms with E-state index in [0.29, 0.717) is 17.9 Å². The molecular weight excluding hydrogens is 452 g/mol. The molecule has 0 radical (unpaired) electrons. The highest BCUT2D eigenvalue weighted by Gasteiger charge is 2.30. The van der Waals surface area contributed by atoms with Crippen LogP contribution in [0.4, 0.5) is 5.69 Å². The number of nitrogens with zero attached hydrogens (tertiary/aromatic N) is 1. The first-order chi connectivity index (χ1) is 16.3. The van der Waals surface area contributed by atoms with Gasteiger partial charge in [0.2, 0.25) is 5.91 Å². The van der Waals surface area contributed by atoms with Crippen LogP contribution in [0.1, 0.15) is 30.5 Å². The number of rotatable bonds is 10. The van der Waals surface area contributed by atoms with Crippen LogP contribution in [0.3, 0.4) is 0 Å². The zero-order valence-corrected chi connectivity index (χ0v) is 20.6. The van der Waals surface area contributed by atoms with Crippen molar-refractivity contribution in [3.63, 3.8) is 0 Å². The third-order valence-corrected chi connectivity index (χ3v) is 7.29. The minimum atomic E-state index is -4.04. The van der Waals surface area contributed by atoms with E-state index in [9.17, 15) is 13.2 Å². The average Bonchev–Trinajstić information content (AvgIpc) is 2.86. The van der Waals surface area contributed by atoms with E-state index in [1.54, 1.807) is 43.5 Å². The van der Waals surface area contributed by atoms with E-state index in [0.717, 1.165) is 21.2 Å². The molecule has 0 aliphatic rings. The summed E-state index contributed by atoms with van der Waals surface area (Å²) in [4.78, 5) is 13.2. The van der Waals surface area contributed by atoms with Crippen LogP contribution in [0.15, 0.2) is 77.7 Å². The fraction of sp³-hybridized carbons (Fsp3) is 0.269. The lowest BCUT2D eigenvalue weighted by molar-refractivity contribution is -0.120. The Labute approximate surface area is 201 Å². The minimum Gasteiger partial charge on any atom is -0.497 e. The molecule has 0 aromatic heterocycles. The fourth-order valence-corrected chi connectivity index (χ4v) is 5.03. The largest absolute Gasteiger partial charge is 0.497 e. The van der Waals surface area contributed by atoms with Gasteiger partial charge in [-0.2, -0.15) is 0 Å². The van der Waals surface area contributed by atoms with Gasteiger partial charge in [0, 0.05) is 0 Å². The molecule has 0 aliphatic carbocycles. The minimum absolute atomic E-state index is 0.0963. The van der Waals surface area contributed by atoms with Crippen molar-refractivity contribution in [1.29, 1.82) is 0 Å². The molecule has 180 valence electrons. The highest BCUT2D eigenvalue weighted by molar-refractivity contribution is 7.92. The third kappa shape index (κ3) is 5.69.